The highest BCUT2D eigenvalue weighted by atomic mass is 19.4. The van der Waals surface area contributed by atoms with E-state index in [-0.39, 0.29) is 5.56 Å². The average molecular weight is 374 g/mol. The van der Waals surface area contributed by atoms with Gasteiger partial charge in [-0.1, -0.05) is 25.1 Å². The third-order valence-corrected chi connectivity index (χ3v) is 3.41. The fourth-order valence-corrected chi connectivity index (χ4v) is 2.14. The monoisotopic (exact) mass is 374 g/mol. The second-order valence-corrected chi connectivity index (χ2v) is 5.41. The van der Waals surface area contributed by atoms with Gasteiger partial charge in [0, 0.05) is 17.8 Å². The molecule has 0 aliphatic rings. The van der Waals surface area contributed by atoms with E-state index in [4.69, 9.17) is 9.68 Å². The SMILES string of the molecule is CCCNc1ccc(C#N)c(C(F)(F)F)c1.c1ccc(-c2nnco2)cc1. The van der Waals surface area contributed by atoms with Gasteiger partial charge in [0.1, 0.15) is 0 Å². The van der Waals surface area contributed by atoms with Crippen LogP contribution in [0.5, 0.6) is 0 Å². The molecule has 27 heavy (non-hydrogen) atoms. The second-order valence-electron chi connectivity index (χ2n) is 5.41. The summed E-state index contributed by atoms with van der Waals surface area (Å²) in [7, 11) is 0. The zero-order chi connectivity index (χ0) is 19.7. The molecule has 0 bridgehead atoms. The van der Waals surface area contributed by atoms with Crippen molar-refractivity contribution >= 4 is 5.69 Å². The Bertz CT molecular complexity index is 872. The molecule has 1 N–H and O–H groups in total. The summed E-state index contributed by atoms with van der Waals surface area (Å²) >= 11 is 0. The Morgan fingerprint density at radius 2 is 1.89 bits per heavy atom. The molecule has 0 aliphatic carbocycles. The molecule has 3 aromatic rings. The average Bonchev–Trinajstić information content (AvgIpc) is 3.21. The standard InChI is InChI=1S/C11H11F3N2.C8H6N2O/c1-2-5-16-9-4-3-8(7-15)10(6-9)11(12,13)14;1-2-4-7(5-3-1)8-10-9-6-11-8/h3-4,6,16H,2,5H2,1H3;1-6H. The molecular weight excluding hydrogens is 357 g/mol. The van der Waals surface area contributed by atoms with Crippen molar-refractivity contribution in [3.63, 3.8) is 0 Å². The van der Waals surface area contributed by atoms with E-state index in [0.717, 1.165) is 18.1 Å². The second kappa shape index (κ2) is 9.38. The van der Waals surface area contributed by atoms with Crippen LogP contribution in [0.3, 0.4) is 0 Å². The number of aromatic nitrogens is 2. The van der Waals surface area contributed by atoms with Gasteiger partial charge in [-0.25, -0.2) is 0 Å². The summed E-state index contributed by atoms with van der Waals surface area (Å²) in [6.07, 6.45) is -2.35. The Balaban J connectivity index is 0.000000206. The first-order valence-corrected chi connectivity index (χ1v) is 8.12. The zero-order valence-electron chi connectivity index (χ0n) is 14.5. The molecule has 5 nitrogen and oxygen atoms in total. The van der Waals surface area contributed by atoms with Gasteiger partial charge < -0.3 is 9.73 Å². The van der Waals surface area contributed by atoms with Crippen LogP contribution < -0.4 is 5.32 Å². The number of anilines is 1. The molecule has 3 rings (SSSR count). The van der Waals surface area contributed by atoms with Crippen LogP contribution in [0.4, 0.5) is 18.9 Å². The van der Waals surface area contributed by atoms with Gasteiger partial charge in [0.05, 0.1) is 17.2 Å². The number of rotatable bonds is 4. The maximum absolute atomic E-state index is 12.6. The van der Waals surface area contributed by atoms with Gasteiger partial charge in [-0.05, 0) is 36.8 Å². The maximum Gasteiger partial charge on any atom is 0.417 e. The van der Waals surface area contributed by atoms with Crippen LogP contribution in [0.2, 0.25) is 0 Å². The van der Waals surface area contributed by atoms with E-state index in [0.29, 0.717) is 18.1 Å². The molecule has 2 aromatic carbocycles. The lowest BCUT2D eigenvalue weighted by atomic mass is 10.1. The largest absolute Gasteiger partial charge is 0.423 e. The van der Waals surface area contributed by atoms with Crippen molar-refractivity contribution in [1.29, 1.82) is 5.26 Å². The molecule has 0 atom stereocenters. The van der Waals surface area contributed by atoms with E-state index in [1.54, 1.807) is 0 Å². The molecule has 8 heteroatoms. The van der Waals surface area contributed by atoms with Gasteiger partial charge in [0.25, 0.3) is 0 Å². The highest BCUT2D eigenvalue weighted by Gasteiger charge is 2.33. The Morgan fingerprint density at radius 1 is 1.15 bits per heavy atom. The van der Waals surface area contributed by atoms with E-state index < -0.39 is 11.7 Å². The first kappa shape index (κ1) is 20.0. The molecule has 0 fully saturated rings. The Morgan fingerprint density at radius 3 is 2.44 bits per heavy atom. The first-order valence-electron chi connectivity index (χ1n) is 8.12. The van der Waals surface area contributed by atoms with Crippen molar-refractivity contribution in [2.45, 2.75) is 19.5 Å². The molecule has 1 heterocycles. The number of nitrogens with zero attached hydrogens (tertiary/aromatic N) is 3. The lowest BCUT2D eigenvalue weighted by Gasteiger charge is -2.11. The van der Waals surface area contributed by atoms with Crippen LogP contribution >= 0.6 is 0 Å². The summed E-state index contributed by atoms with van der Waals surface area (Å²) in [6.45, 7) is 2.52. The minimum absolute atomic E-state index is 0.352. The number of alkyl halides is 3. The highest BCUT2D eigenvalue weighted by molar-refractivity contribution is 5.53. The Labute approximate surface area is 154 Å². The molecular formula is C19H17F3N4O. The maximum atomic E-state index is 12.6. The minimum Gasteiger partial charge on any atom is -0.423 e. The van der Waals surface area contributed by atoms with E-state index >= 15 is 0 Å². The predicted molar refractivity (Wildman–Crippen MR) is 94.7 cm³/mol. The molecule has 0 radical (unpaired) electrons. The fourth-order valence-electron chi connectivity index (χ4n) is 2.14. The van der Waals surface area contributed by atoms with E-state index in [9.17, 15) is 13.2 Å². The Kier molecular flexibility index (Phi) is 6.94. The lowest BCUT2D eigenvalue weighted by molar-refractivity contribution is -0.137. The summed E-state index contributed by atoms with van der Waals surface area (Å²) in [4.78, 5) is 0. The van der Waals surface area contributed by atoms with Gasteiger partial charge >= 0.3 is 6.18 Å². The molecule has 0 saturated heterocycles. The minimum atomic E-state index is -4.49. The summed E-state index contributed by atoms with van der Waals surface area (Å²) in [5.74, 6) is 0.561. The smallest absolute Gasteiger partial charge is 0.417 e. The van der Waals surface area contributed by atoms with Crippen LogP contribution in [0, 0.1) is 11.3 Å². The first-order chi connectivity index (χ1) is 13.0. The fraction of sp³-hybridized carbons (Fsp3) is 0.211. The molecule has 0 spiro atoms. The molecule has 0 amide bonds. The van der Waals surface area contributed by atoms with Gasteiger partial charge in [-0.2, -0.15) is 18.4 Å². The number of benzene rings is 2. The topological polar surface area (TPSA) is 74.7 Å². The summed E-state index contributed by atoms with van der Waals surface area (Å²) in [6, 6.07) is 14.8. The number of hydrogen-bond acceptors (Lipinski definition) is 5. The summed E-state index contributed by atoms with van der Waals surface area (Å²) in [5, 5.41) is 18.8. The van der Waals surface area contributed by atoms with Crippen LogP contribution in [0.15, 0.2) is 59.3 Å². The van der Waals surface area contributed by atoms with Crippen LogP contribution in [0.1, 0.15) is 24.5 Å². The van der Waals surface area contributed by atoms with Crippen molar-refractivity contribution in [2.24, 2.45) is 0 Å². The van der Waals surface area contributed by atoms with Crippen LogP contribution in [-0.2, 0) is 6.18 Å². The number of nitrogens with one attached hydrogen (secondary N) is 1. The van der Waals surface area contributed by atoms with Gasteiger partial charge in [0.15, 0.2) is 0 Å². The number of hydrogen-bond donors (Lipinski definition) is 1. The third-order valence-electron chi connectivity index (χ3n) is 3.41. The Hall–Kier alpha value is -3.34. The van der Waals surface area contributed by atoms with Gasteiger partial charge in [0.2, 0.25) is 12.3 Å². The number of nitriles is 1. The zero-order valence-corrected chi connectivity index (χ0v) is 14.5. The van der Waals surface area contributed by atoms with Crippen molar-refractivity contribution in [2.75, 3.05) is 11.9 Å². The predicted octanol–water partition coefficient (Wildman–Crippen LogP) is 5.14. The molecule has 0 saturated carbocycles. The molecule has 1 aromatic heterocycles. The van der Waals surface area contributed by atoms with E-state index in [1.807, 2.05) is 37.3 Å². The third kappa shape index (κ3) is 5.85. The number of halogens is 3. The summed E-state index contributed by atoms with van der Waals surface area (Å²) in [5.41, 5.74) is 0.0869. The van der Waals surface area contributed by atoms with Gasteiger partial charge in [-0.15, -0.1) is 10.2 Å². The van der Waals surface area contributed by atoms with Gasteiger partial charge in [-0.3, -0.25) is 0 Å². The van der Waals surface area contributed by atoms with E-state index in [1.165, 1.54) is 24.6 Å². The van der Waals surface area contributed by atoms with Crippen molar-refractivity contribution in [3.8, 4) is 17.5 Å². The lowest BCUT2D eigenvalue weighted by Crippen LogP contribution is -2.09. The van der Waals surface area contributed by atoms with E-state index in [2.05, 4.69) is 15.5 Å². The molecule has 0 aliphatic heterocycles. The highest BCUT2D eigenvalue weighted by Crippen LogP contribution is 2.33. The van der Waals surface area contributed by atoms with Crippen LogP contribution in [0.25, 0.3) is 11.5 Å². The van der Waals surface area contributed by atoms with Crippen LogP contribution in [-0.4, -0.2) is 16.7 Å². The van der Waals surface area contributed by atoms with Crippen molar-refractivity contribution in [1.82, 2.24) is 10.2 Å². The summed E-state index contributed by atoms with van der Waals surface area (Å²) < 4.78 is 42.7. The molecule has 140 valence electrons. The van der Waals surface area contributed by atoms with Crippen molar-refractivity contribution in [3.05, 3.63) is 66.1 Å². The normalized spacial score (nSPS) is 10.5. The molecule has 0 unspecified atom stereocenters. The van der Waals surface area contributed by atoms with Crippen molar-refractivity contribution < 1.29 is 17.6 Å². The quantitative estimate of drug-likeness (QED) is 0.685.